The number of amides is 3. The Labute approximate surface area is 276 Å². The number of benzene rings is 3. The average molecular weight is 648 g/mol. The zero-order valence-electron chi connectivity index (χ0n) is 25.6. The third kappa shape index (κ3) is 8.56. The summed E-state index contributed by atoms with van der Waals surface area (Å²) in [6, 6.07) is 27.7. The van der Waals surface area contributed by atoms with Gasteiger partial charge in [-0.15, -0.1) is 23.1 Å². The Balaban J connectivity index is 1.27. The third-order valence-corrected chi connectivity index (χ3v) is 9.15. The van der Waals surface area contributed by atoms with Crippen molar-refractivity contribution < 1.29 is 14.4 Å². The molecular formula is C36H33N5O3S2. The lowest BCUT2D eigenvalue weighted by Gasteiger charge is -2.15. The highest BCUT2D eigenvalue weighted by atomic mass is 32.2. The van der Waals surface area contributed by atoms with Crippen molar-refractivity contribution in [3.05, 3.63) is 131 Å². The van der Waals surface area contributed by atoms with Crippen LogP contribution in [0.25, 0.3) is 17.3 Å². The summed E-state index contributed by atoms with van der Waals surface area (Å²) in [4.78, 5) is 50.3. The fourth-order valence-corrected chi connectivity index (χ4v) is 6.37. The Bertz CT molecular complexity index is 1860. The molecule has 5 rings (SSSR count). The summed E-state index contributed by atoms with van der Waals surface area (Å²) in [6.07, 6.45) is 5.40. The standard InChI is InChI=1S/C36H33N5O3S2/c1-4-31(35(44)41-36-40-32(24(3)45-36)26-17-15-23(2)16-18-26)46-29-14-8-13-28(21-29)38-34(43)30(20-25-10-9-19-37-22-25)39-33(42)27-11-6-5-7-12-27/h5-22,31H,4H2,1-3H3,(H,38,43)(H,39,42)(H,40,41,44)/b30-20-. The van der Waals surface area contributed by atoms with Gasteiger partial charge in [0.2, 0.25) is 5.91 Å². The Morgan fingerprint density at radius 2 is 1.70 bits per heavy atom. The van der Waals surface area contributed by atoms with E-state index in [2.05, 4.69) is 20.9 Å². The number of thiazole rings is 1. The molecule has 3 aromatic carbocycles. The van der Waals surface area contributed by atoms with E-state index in [4.69, 9.17) is 4.98 Å². The topological polar surface area (TPSA) is 113 Å². The summed E-state index contributed by atoms with van der Waals surface area (Å²) in [5.74, 6) is -1.05. The van der Waals surface area contributed by atoms with Gasteiger partial charge >= 0.3 is 0 Å². The number of rotatable bonds is 11. The SMILES string of the molecule is CCC(Sc1cccc(NC(=O)/C(=C/c2cccnc2)NC(=O)c2ccccc2)c1)C(=O)Nc1nc(-c2ccc(C)cc2)c(C)s1. The summed E-state index contributed by atoms with van der Waals surface area (Å²) in [5, 5.41) is 8.79. The smallest absolute Gasteiger partial charge is 0.272 e. The molecular weight excluding hydrogens is 615 g/mol. The molecule has 2 aromatic heterocycles. The maximum atomic E-state index is 13.4. The van der Waals surface area contributed by atoms with Gasteiger partial charge in [-0.25, -0.2) is 4.98 Å². The molecule has 0 aliphatic carbocycles. The number of nitrogens with one attached hydrogen (secondary N) is 3. The molecule has 8 nitrogen and oxygen atoms in total. The van der Waals surface area contributed by atoms with Crippen LogP contribution in [0.1, 0.15) is 39.7 Å². The largest absolute Gasteiger partial charge is 0.321 e. The van der Waals surface area contributed by atoms with Crippen molar-refractivity contribution in [1.29, 1.82) is 0 Å². The molecule has 0 radical (unpaired) electrons. The Morgan fingerprint density at radius 1 is 0.913 bits per heavy atom. The van der Waals surface area contributed by atoms with E-state index in [1.165, 1.54) is 28.7 Å². The number of nitrogens with zero attached hydrogens (tertiary/aromatic N) is 2. The molecule has 3 N–H and O–H groups in total. The molecule has 10 heteroatoms. The maximum Gasteiger partial charge on any atom is 0.272 e. The number of pyridine rings is 1. The second kappa shape index (κ2) is 15.3. The monoisotopic (exact) mass is 647 g/mol. The molecule has 0 aliphatic heterocycles. The van der Waals surface area contributed by atoms with Crippen molar-refractivity contribution in [3.63, 3.8) is 0 Å². The quantitative estimate of drug-likeness (QED) is 0.0999. The highest BCUT2D eigenvalue weighted by Crippen LogP contribution is 2.33. The van der Waals surface area contributed by atoms with Crippen molar-refractivity contribution in [2.24, 2.45) is 0 Å². The van der Waals surface area contributed by atoms with Gasteiger partial charge in [0.1, 0.15) is 5.70 Å². The zero-order valence-corrected chi connectivity index (χ0v) is 27.2. The first-order valence-corrected chi connectivity index (χ1v) is 16.4. The van der Waals surface area contributed by atoms with E-state index >= 15 is 0 Å². The molecule has 0 fully saturated rings. The Kier molecular flexibility index (Phi) is 10.7. The number of thioether (sulfide) groups is 1. The van der Waals surface area contributed by atoms with Crippen molar-refractivity contribution in [1.82, 2.24) is 15.3 Å². The van der Waals surface area contributed by atoms with Crippen LogP contribution < -0.4 is 16.0 Å². The number of carbonyl (C=O) groups excluding carboxylic acids is 3. The summed E-state index contributed by atoms with van der Waals surface area (Å²) in [5.41, 5.74) is 4.72. The van der Waals surface area contributed by atoms with Gasteiger partial charge in [0.25, 0.3) is 11.8 Å². The van der Waals surface area contributed by atoms with Crippen LogP contribution in [0.15, 0.2) is 114 Å². The van der Waals surface area contributed by atoms with Gasteiger partial charge in [-0.05, 0) is 68.3 Å². The predicted molar refractivity (Wildman–Crippen MR) is 187 cm³/mol. The Morgan fingerprint density at radius 3 is 2.41 bits per heavy atom. The van der Waals surface area contributed by atoms with Crippen LogP contribution in [0.2, 0.25) is 0 Å². The molecule has 0 saturated carbocycles. The number of aryl methyl sites for hydroxylation is 2. The lowest BCUT2D eigenvalue weighted by atomic mass is 10.1. The number of hydrogen-bond acceptors (Lipinski definition) is 7. The van der Waals surface area contributed by atoms with E-state index in [0.717, 1.165) is 21.0 Å². The number of aromatic nitrogens is 2. The van der Waals surface area contributed by atoms with Gasteiger partial charge in [-0.1, -0.05) is 67.1 Å². The first-order chi connectivity index (χ1) is 22.3. The fourth-order valence-electron chi connectivity index (χ4n) is 4.52. The van der Waals surface area contributed by atoms with Gasteiger partial charge in [-0.2, -0.15) is 0 Å². The van der Waals surface area contributed by atoms with Gasteiger partial charge in [0.05, 0.1) is 10.9 Å². The first kappa shape index (κ1) is 32.3. The second-order valence-corrected chi connectivity index (χ2v) is 12.9. The van der Waals surface area contributed by atoms with Crippen LogP contribution in [0.3, 0.4) is 0 Å². The van der Waals surface area contributed by atoms with Gasteiger partial charge in [-0.3, -0.25) is 19.4 Å². The minimum atomic E-state index is -0.497. The predicted octanol–water partition coefficient (Wildman–Crippen LogP) is 7.74. The average Bonchev–Trinajstić information content (AvgIpc) is 3.43. The van der Waals surface area contributed by atoms with E-state index in [0.29, 0.717) is 28.4 Å². The van der Waals surface area contributed by atoms with E-state index in [1.807, 2.05) is 69.3 Å². The lowest BCUT2D eigenvalue weighted by molar-refractivity contribution is -0.116. The van der Waals surface area contributed by atoms with Crippen molar-refractivity contribution in [3.8, 4) is 11.3 Å². The molecule has 5 aromatic rings. The van der Waals surface area contributed by atoms with Crippen LogP contribution in [-0.4, -0.2) is 32.9 Å². The van der Waals surface area contributed by atoms with E-state index in [9.17, 15) is 14.4 Å². The number of hydrogen-bond donors (Lipinski definition) is 3. The van der Waals surface area contributed by atoms with Crippen LogP contribution in [0.4, 0.5) is 10.8 Å². The van der Waals surface area contributed by atoms with Crippen molar-refractivity contribution in [2.45, 2.75) is 37.3 Å². The van der Waals surface area contributed by atoms with Crippen LogP contribution in [0.5, 0.6) is 0 Å². The van der Waals surface area contributed by atoms with Crippen LogP contribution in [0, 0.1) is 13.8 Å². The van der Waals surface area contributed by atoms with E-state index in [-0.39, 0.29) is 16.9 Å². The van der Waals surface area contributed by atoms with Gasteiger partial charge in [0, 0.05) is 39.0 Å². The number of anilines is 2. The normalized spacial score (nSPS) is 11.8. The van der Waals surface area contributed by atoms with Crippen LogP contribution >= 0.6 is 23.1 Å². The summed E-state index contributed by atoms with van der Waals surface area (Å²) < 4.78 is 0. The Hall–Kier alpha value is -5.06. The molecule has 0 spiro atoms. The van der Waals surface area contributed by atoms with E-state index in [1.54, 1.807) is 60.9 Å². The van der Waals surface area contributed by atoms with Gasteiger partial charge < -0.3 is 16.0 Å². The first-order valence-electron chi connectivity index (χ1n) is 14.7. The summed E-state index contributed by atoms with van der Waals surface area (Å²) in [7, 11) is 0. The summed E-state index contributed by atoms with van der Waals surface area (Å²) >= 11 is 2.86. The van der Waals surface area contributed by atoms with Crippen molar-refractivity contribution >= 4 is 57.7 Å². The number of carbonyl (C=O) groups is 3. The molecule has 0 aliphatic rings. The highest BCUT2D eigenvalue weighted by molar-refractivity contribution is 8.00. The molecule has 1 atom stereocenters. The minimum absolute atomic E-state index is 0.0643. The van der Waals surface area contributed by atoms with E-state index < -0.39 is 11.8 Å². The molecule has 3 amide bonds. The van der Waals surface area contributed by atoms with Gasteiger partial charge in [0.15, 0.2) is 5.13 Å². The lowest BCUT2D eigenvalue weighted by Crippen LogP contribution is -2.30. The molecule has 1 unspecified atom stereocenters. The molecule has 46 heavy (non-hydrogen) atoms. The molecule has 0 saturated heterocycles. The van der Waals surface area contributed by atoms with Crippen LogP contribution in [-0.2, 0) is 9.59 Å². The maximum absolute atomic E-state index is 13.4. The zero-order chi connectivity index (χ0) is 32.5. The minimum Gasteiger partial charge on any atom is -0.321 e. The molecule has 2 heterocycles. The second-order valence-electron chi connectivity index (χ2n) is 10.4. The summed E-state index contributed by atoms with van der Waals surface area (Å²) in [6.45, 7) is 6.00. The molecule has 232 valence electrons. The highest BCUT2D eigenvalue weighted by Gasteiger charge is 2.21. The molecule has 0 bridgehead atoms. The fraction of sp³-hybridized carbons (Fsp3) is 0.139. The van der Waals surface area contributed by atoms with Crippen molar-refractivity contribution in [2.75, 3.05) is 10.6 Å². The third-order valence-electron chi connectivity index (χ3n) is 6.91.